The lowest BCUT2D eigenvalue weighted by molar-refractivity contribution is 0.0694. The Balaban J connectivity index is 1.66. The minimum atomic E-state index is -0.606. The van der Waals surface area contributed by atoms with E-state index < -0.39 is 11.7 Å². The molecular weight excluding hydrogens is 397 g/mol. The van der Waals surface area contributed by atoms with E-state index in [1.165, 1.54) is 12.1 Å². The third-order valence-corrected chi connectivity index (χ3v) is 5.88. The van der Waals surface area contributed by atoms with Crippen molar-refractivity contribution in [3.05, 3.63) is 58.8 Å². The van der Waals surface area contributed by atoms with Crippen LogP contribution in [0.5, 0.6) is 0 Å². The first kappa shape index (κ1) is 21.0. The summed E-state index contributed by atoms with van der Waals surface area (Å²) in [6, 6.07) is 7.71. The zero-order valence-corrected chi connectivity index (χ0v) is 17.9. The SMILES string of the molecule is CC(C)c1cc(C(=O)N2CCC[C@@H](c3nc4ccc(F)cc4cc3C(N)=O)C2)n(C)n1. The molecule has 162 valence electrons. The molecule has 1 aromatic carbocycles. The maximum atomic E-state index is 13.6. The molecule has 1 aliphatic heterocycles. The number of aromatic nitrogens is 3. The largest absolute Gasteiger partial charge is 0.366 e. The number of rotatable bonds is 4. The highest BCUT2D eigenvalue weighted by molar-refractivity contribution is 5.98. The topological polar surface area (TPSA) is 94.1 Å². The summed E-state index contributed by atoms with van der Waals surface area (Å²) in [5.41, 5.74) is 8.48. The second-order valence-corrected chi connectivity index (χ2v) is 8.45. The van der Waals surface area contributed by atoms with Gasteiger partial charge < -0.3 is 10.6 Å². The Morgan fingerprint density at radius 3 is 2.68 bits per heavy atom. The average molecular weight is 423 g/mol. The van der Waals surface area contributed by atoms with E-state index in [-0.39, 0.29) is 23.3 Å². The van der Waals surface area contributed by atoms with Crippen LogP contribution in [0.3, 0.4) is 0 Å². The van der Waals surface area contributed by atoms with Gasteiger partial charge in [-0.1, -0.05) is 13.8 Å². The van der Waals surface area contributed by atoms with E-state index in [0.717, 1.165) is 18.5 Å². The van der Waals surface area contributed by atoms with E-state index in [4.69, 9.17) is 5.73 Å². The minimum absolute atomic E-state index is 0.0879. The lowest BCUT2D eigenvalue weighted by Crippen LogP contribution is -2.40. The Kier molecular flexibility index (Phi) is 5.47. The number of hydrogen-bond donors (Lipinski definition) is 1. The molecule has 0 saturated carbocycles. The number of hydrogen-bond acceptors (Lipinski definition) is 4. The molecule has 31 heavy (non-hydrogen) atoms. The highest BCUT2D eigenvalue weighted by Crippen LogP contribution is 2.31. The molecule has 2 N–H and O–H groups in total. The predicted molar refractivity (Wildman–Crippen MR) is 115 cm³/mol. The number of pyridine rings is 1. The maximum absolute atomic E-state index is 13.6. The number of carbonyl (C=O) groups excluding carboxylic acids is 2. The predicted octanol–water partition coefficient (Wildman–Crippen LogP) is 3.35. The number of piperidine rings is 1. The standard InChI is InChI=1S/C23H26FN5O2/c1-13(2)19-11-20(28(3)27-19)23(31)29-8-4-5-14(12-29)21-17(22(25)30)10-15-9-16(24)6-7-18(15)26-21/h6-7,9-11,13-14H,4-5,8,12H2,1-3H3,(H2,25,30)/t14-/m1/s1. The molecule has 3 heterocycles. The number of benzene rings is 1. The fraction of sp³-hybridized carbons (Fsp3) is 0.391. The highest BCUT2D eigenvalue weighted by Gasteiger charge is 2.30. The van der Waals surface area contributed by atoms with Gasteiger partial charge in [0, 0.05) is 31.4 Å². The van der Waals surface area contributed by atoms with Crippen LogP contribution in [0.1, 0.15) is 70.8 Å². The Hall–Kier alpha value is -3.29. The van der Waals surface area contributed by atoms with E-state index in [9.17, 15) is 14.0 Å². The molecule has 0 aliphatic carbocycles. The van der Waals surface area contributed by atoms with Crippen molar-refractivity contribution >= 4 is 22.7 Å². The molecule has 3 aromatic rings. The van der Waals surface area contributed by atoms with Crippen molar-refractivity contribution in [3.8, 4) is 0 Å². The number of primary amides is 1. The maximum Gasteiger partial charge on any atom is 0.272 e. The number of aryl methyl sites for hydroxylation is 1. The number of fused-ring (bicyclic) bond motifs is 1. The van der Waals surface area contributed by atoms with Crippen molar-refractivity contribution < 1.29 is 14.0 Å². The second-order valence-electron chi connectivity index (χ2n) is 8.45. The molecule has 7 nitrogen and oxygen atoms in total. The van der Waals surface area contributed by atoms with Crippen LogP contribution in [0.15, 0.2) is 30.3 Å². The summed E-state index contributed by atoms with van der Waals surface area (Å²) in [5, 5.41) is 4.97. The second kappa shape index (κ2) is 8.09. The van der Waals surface area contributed by atoms with Gasteiger partial charge in [0.25, 0.3) is 11.8 Å². The van der Waals surface area contributed by atoms with Gasteiger partial charge in [-0.15, -0.1) is 0 Å². The van der Waals surface area contributed by atoms with Gasteiger partial charge >= 0.3 is 0 Å². The third kappa shape index (κ3) is 4.02. The molecular formula is C23H26FN5O2. The smallest absolute Gasteiger partial charge is 0.272 e. The number of halogens is 1. The summed E-state index contributed by atoms with van der Waals surface area (Å²) in [4.78, 5) is 31.8. The van der Waals surface area contributed by atoms with Gasteiger partial charge in [-0.25, -0.2) is 4.39 Å². The summed E-state index contributed by atoms with van der Waals surface area (Å²) < 4.78 is 15.2. The van der Waals surface area contributed by atoms with Crippen LogP contribution in [0, 0.1) is 5.82 Å². The van der Waals surface area contributed by atoms with Gasteiger partial charge in [-0.3, -0.25) is 19.3 Å². The lowest BCUT2D eigenvalue weighted by Gasteiger charge is -2.33. The van der Waals surface area contributed by atoms with E-state index in [2.05, 4.69) is 10.1 Å². The molecule has 2 aromatic heterocycles. The van der Waals surface area contributed by atoms with Gasteiger partial charge in [-0.2, -0.15) is 5.10 Å². The molecule has 1 fully saturated rings. The van der Waals surface area contributed by atoms with Gasteiger partial charge in [-0.05, 0) is 49.1 Å². The average Bonchev–Trinajstić information content (AvgIpc) is 3.14. The molecule has 1 atom stereocenters. The zero-order valence-electron chi connectivity index (χ0n) is 17.9. The van der Waals surface area contributed by atoms with Crippen molar-refractivity contribution in [2.24, 2.45) is 12.8 Å². The Morgan fingerprint density at radius 2 is 2.00 bits per heavy atom. The number of nitrogens with zero attached hydrogens (tertiary/aromatic N) is 4. The van der Waals surface area contributed by atoms with Gasteiger partial charge in [0.05, 0.1) is 22.5 Å². The fourth-order valence-electron chi connectivity index (χ4n) is 4.19. The van der Waals surface area contributed by atoms with E-state index >= 15 is 0 Å². The van der Waals surface area contributed by atoms with E-state index in [0.29, 0.717) is 35.4 Å². The van der Waals surface area contributed by atoms with Crippen LogP contribution in [0.2, 0.25) is 0 Å². The number of amides is 2. The quantitative estimate of drug-likeness (QED) is 0.696. The van der Waals surface area contributed by atoms with Crippen molar-refractivity contribution in [2.45, 2.75) is 38.5 Å². The molecule has 0 bridgehead atoms. The summed E-state index contributed by atoms with van der Waals surface area (Å²) in [5.74, 6) is -0.997. The number of likely N-dealkylation sites (tertiary alicyclic amines) is 1. The summed E-state index contributed by atoms with van der Waals surface area (Å²) in [7, 11) is 1.77. The van der Waals surface area contributed by atoms with Gasteiger partial charge in [0.15, 0.2) is 0 Å². The van der Waals surface area contributed by atoms with Crippen molar-refractivity contribution in [1.82, 2.24) is 19.7 Å². The molecule has 1 saturated heterocycles. The molecule has 4 rings (SSSR count). The van der Waals surface area contributed by atoms with Crippen LogP contribution >= 0.6 is 0 Å². The van der Waals surface area contributed by atoms with Crippen LogP contribution in [-0.4, -0.2) is 44.6 Å². The van der Waals surface area contributed by atoms with Crippen LogP contribution < -0.4 is 5.73 Å². The summed E-state index contributed by atoms with van der Waals surface area (Å²) in [6.07, 6.45) is 1.57. The highest BCUT2D eigenvalue weighted by atomic mass is 19.1. The van der Waals surface area contributed by atoms with Crippen molar-refractivity contribution in [2.75, 3.05) is 13.1 Å². The van der Waals surface area contributed by atoms with Crippen molar-refractivity contribution in [1.29, 1.82) is 0 Å². The summed E-state index contributed by atoms with van der Waals surface area (Å²) in [6.45, 7) is 5.13. The molecule has 0 radical (unpaired) electrons. The van der Waals surface area contributed by atoms with Crippen LogP contribution in [0.4, 0.5) is 4.39 Å². The van der Waals surface area contributed by atoms with Crippen molar-refractivity contribution in [3.63, 3.8) is 0 Å². The van der Waals surface area contributed by atoms with E-state index in [1.54, 1.807) is 28.8 Å². The Morgan fingerprint density at radius 1 is 1.23 bits per heavy atom. The Labute approximate surface area is 180 Å². The van der Waals surface area contributed by atoms with Gasteiger partial charge in [0.1, 0.15) is 11.5 Å². The monoisotopic (exact) mass is 423 g/mol. The lowest BCUT2D eigenvalue weighted by atomic mass is 9.90. The van der Waals surface area contributed by atoms with Crippen LogP contribution in [0.25, 0.3) is 10.9 Å². The molecule has 0 unspecified atom stereocenters. The third-order valence-electron chi connectivity index (χ3n) is 5.88. The minimum Gasteiger partial charge on any atom is -0.366 e. The normalized spacial score (nSPS) is 16.8. The zero-order chi connectivity index (χ0) is 22.3. The van der Waals surface area contributed by atoms with Gasteiger partial charge in [0.2, 0.25) is 0 Å². The number of nitrogens with two attached hydrogens (primary N) is 1. The molecule has 0 spiro atoms. The molecule has 2 amide bonds. The molecule has 1 aliphatic rings. The fourth-order valence-corrected chi connectivity index (χ4v) is 4.19. The first-order valence-corrected chi connectivity index (χ1v) is 10.5. The first-order chi connectivity index (χ1) is 14.7. The van der Waals surface area contributed by atoms with E-state index in [1.807, 2.05) is 19.9 Å². The Bertz CT molecular complexity index is 1170. The van der Waals surface area contributed by atoms with Crippen LogP contribution in [-0.2, 0) is 7.05 Å². The summed E-state index contributed by atoms with van der Waals surface area (Å²) >= 11 is 0. The first-order valence-electron chi connectivity index (χ1n) is 10.5. The molecule has 8 heteroatoms. The number of carbonyl (C=O) groups is 2.